The molecular weight excluding hydrogens is 246 g/mol. The molecule has 2 aliphatic rings. The van der Waals surface area contributed by atoms with Crippen molar-refractivity contribution in [1.29, 1.82) is 0 Å². The monoisotopic (exact) mass is 261 g/mol. The van der Waals surface area contributed by atoms with Crippen LogP contribution in [0.25, 0.3) is 5.65 Å². The first-order chi connectivity index (χ1) is 9.20. The second-order valence-corrected chi connectivity index (χ2v) is 5.27. The number of nitrogens with one attached hydrogen (secondary N) is 2. The molecule has 2 fully saturated rings. The molecule has 2 aliphatic heterocycles. The van der Waals surface area contributed by atoms with Crippen LogP contribution in [0.15, 0.2) is 10.9 Å². The summed E-state index contributed by atoms with van der Waals surface area (Å²) in [6.45, 7) is 1.80. The van der Waals surface area contributed by atoms with Gasteiger partial charge in [0.1, 0.15) is 11.6 Å². The molecule has 0 amide bonds. The Labute approximate surface area is 109 Å². The fourth-order valence-electron chi connectivity index (χ4n) is 3.15. The van der Waals surface area contributed by atoms with Gasteiger partial charge in [-0.3, -0.25) is 0 Å². The lowest BCUT2D eigenvalue weighted by Crippen LogP contribution is -2.31. The number of aromatic nitrogens is 4. The third kappa shape index (κ3) is 1.65. The number of ether oxygens (including phenoxy) is 1. The Morgan fingerprint density at radius 2 is 2.42 bits per heavy atom. The third-order valence-corrected chi connectivity index (χ3v) is 4.01. The van der Waals surface area contributed by atoms with Crippen LogP contribution in [0.2, 0.25) is 0 Å². The molecule has 100 valence electrons. The molecule has 2 bridgehead atoms. The standard InChI is InChI=1S/C12H15N5O2/c1-6-13-10(5-11-15-16-12(18)17(6)11)14-8-4-7-2-3-9(8)19-7/h5,7-9,14H,2-4H2,1H3,(H,16,18). The Balaban J connectivity index is 1.66. The van der Waals surface area contributed by atoms with E-state index < -0.39 is 0 Å². The summed E-state index contributed by atoms with van der Waals surface area (Å²) in [5, 5.41) is 9.82. The topological polar surface area (TPSA) is 84.3 Å². The highest BCUT2D eigenvalue weighted by Gasteiger charge is 2.40. The van der Waals surface area contributed by atoms with Crippen molar-refractivity contribution in [3.63, 3.8) is 0 Å². The van der Waals surface area contributed by atoms with Crippen molar-refractivity contribution in [2.75, 3.05) is 5.32 Å². The molecular formula is C12H15N5O2. The molecule has 2 aromatic heterocycles. The molecule has 0 aliphatic carbocycles. The zero-order valence-corrected chi connectivity index (χ0v) is 10.6. The van der Waals surface area contributed by atoms with Crippen LogP contribution < -0.4 is 11.0 Å². The van der Waals surface area contributed by atoms with Crippen LogP contribution in [0.1, 0.15) is 25.1 Å². The van der Waals surface area contributed by atoms with Gasteiger partial charge in [-0.1, -0.05) is 0 Å². The van der Waals surface area contributed by atoms with Gasteiger partial charge in [-0.15, -0.1) is 0 Å². The van der Waals surface area contributed by atoms with Crippen molar-refractivity contribution in [2.45, 2.75) is 44.4 Å². The number of aromatic amines is 1. The maximum Gasteiger partial charge on any atom is 0.349 e. The Bertz CT molecular complexity index is 691. The summed E-state index contributed by atoms with van der Waals surface area (Å²) in [6.07, 6.45) is 4.02. The minimum Gasteiger partial charge on any atom is -0.373 e. The van der Waals surface area contributed by atoms with E-state index in [9.17, 15) is 4.79 Å². The van der Waals surface area contributed by atoms with Gasteiger partial charge in [0, 0.05) is 6.07 Å². The largest absolute Gasteiger partial charge is 0.373 e. The molecule has 2 saturated heterocycles. The van der Waals surface area contributed by atoms with Crippen molar-refractivity contribution in [2.24, 2.45) is 0 Å². The quantitative estimate of drug-likeness (QED) is 0.820. The molecule has 2 N–H and O–H groups in total. The van der Waals surface area contributed by atoms with Gasteiger partial charge >= 0.3 is 5.69 Å². The fourth-order valence-corrected chi connectivity index (χ4v) is 3.15. The van der Waals surface area contributed by atoms with Gasteiger partial charge in [-0.25, -0.2) is 19.3 Å². The number of rotatable bonds is 2. The van der Waals surface area contributed by atoms with Crippen molar-refractivity contribution >= 4 is 11.5 Å². The van der Waals surface area contributed by atoms with Gasteiger partial charge in [0.15, 0.2) is 5.65 Å². The zero-order valence-electron chi connectivity index (χ0n) is 10.6. The van der Waals surface area contributed by atoms with Gasteiger partial charge in [-0.2, -0.15) is 5.10 Å². The predicted molar refractivity (Wildman–Crippen MR) is 68.3 cm³/mol. The molecule has 0 radical (unpaired) electrons. The van der Waals surface area contributed by atoms with E-state index >= 15 is 0 Å². The number of nitrogens with zero attached hydrogens (tertiary/aromatic N) is 3. The van der Waals surface area contributed by atoms with Gasteiger partial charge in [0.25, 0.3) is 0 Å². The average Bonchev–Trinajstić information content (AvgIpc) is 3.05. The molecule has 2 aromatic rings. The van der Waals surface area contributed by atoms with Crippen LogP contribution in [0, 0.1) is 6.92 Å². The van der Waals surface area contributed by atoms with Crippen LogP contribution in [0.4, 0.5) is 5.82 Å². The van der Waals surface area contributed by atoms with Gasteiger partial charge in [0.2, 0.25) is 0 Å². The number of aryl methyl sites for hydroxylation is 1. The number of hydrogen-bond donors (Lipinski definition) is 2. The lowest BCUT2D eigenvalue weighted by Gasteiger charge is -2.20. The van der Waals surface area contributed by atoms with Gasteiger partial charge in [0.05, 0.1) is 18.2 Å². The first-order valence-corrected chi connectivity index (χ1v) is 6.57. The lowest BCUT2D eigenvalue weighted by atomic mass is 9.95. The highest BCUT2D eigenvalue weighted by Crippen LogP contribution is 2.35. The Morgan fingerprint density at radius 3 is 3.16 bits per heavy atom. The third-order valence-electron chi connectivity index (χ3n) is 4.01. The van der Waals surface area contributed by atoms with E-state index in [1.807, 2.05) is 0 Å². The van der Waals surface area contributed by atoms with Crippen LogP contribution in [-0.4, -0.2) is 37.8 Å². The van der Waals surface area contributed by atoms with Crippen LogP contribution in [0.5, 0.6) is 0 Å². The smallest absolute Gasteiger partial charge is 0.349 e. The molecule has 7 nitrogen and oxygen atoms in total. The van der Waals surface area contributed by atoms with Gasteiger partial charge in [-0.05, 0) is 26.2 Å². The minimum absolute atomic E-state index is 0.255. The molecule has 19 heavy (non-hydrogen) atoms. The van der Waals surface area contributed by atoms with E-state index in [1.54, 1.807) is 13.0 Å². The molecule has 3 unspecified atom stereocenters. The molecule has 7 heteroatoms. The highest BCUT2D eigenvalue weighted by molar-refractivity contribution is 5.50. The van der Waals surface area contributed by atoms with Crippen molar-refractivity contribution in [1.82, 2.24) is 19.6 Å². The number of fused-ring (bicyclic) bond motifs is 3. The van der Waals surface area contributed by atoms with E-state index in [1.165, 1.54) is 10.8 Å². The first-order valence-electron chi connectivity index (χ1n) is 6.57. The fraction of sp³-hybridized carbons (Fsp3) is 0.583. The van der Waals surface area contributed by atoms with Crippen molar-refractivity contribution in [3.8, 4) is 0 Å². The predicted octanol–water partition coefficient (Wildman–Crippen LogP) is 0.458. The van der Waals surface area contributed by atoms with Crippen LogP contribution in [0.3, 0.4) is 0 Å². The van der Waals surface area contributed by atoms with Crippen LogP contribution in [-0.2, 0) is 4.74 Å². The summed E-state index contributed by atoms with van der Waals surface area (Å²) >= 11 is 0. The molecule has 4 rings (SSSR count). The SMILES string of the molecule is Cc1nc(NC2CC3CCC2O3)cc2n[nH]c(=O)n12. The summed E-state index contributed by atoms with van der Waals surface area (Å²) in [4.78, 5) is 15.9. The second kappa shape index (κ2) is 3.80. The summed E-state index contributed by atoms with van der Waals surface area (Å²) in [5.74, 6) is 1.38. The Morgan fingerprint density at radius 1 is 1.53 bits per heavy atom. The van der Waals surface area contributed by atoms with Gasteiger partial charge < -0.3 is 10.1 Å². The highest BCUT2D eigenvalue weighted by atomic mass is 16.5. The number of hydrogen-bond acceptors (Lipinski definition) is 5. The molecule has 0 spiro atoms. The summed E-state index contributed by atoms with van der Waals surface area (Å²) in [7, 11) is 0. The summed E-state index contributed by atoms with van der Waals surface area (Å²) in [5.41, 5.74) is 0.332. The molecule has 0 saturated carbocycles. The Hall–Kier alpha value is -1.89. The maximum atomic E-state index is 11.5. The number of anilines is 1. The average molecular weight is 261 g/mol. The number of H-pyrrole nitrogens is 1. The second-order valence-electron chi connectivity index (χ2n) is 5.27. The summed E-state index contributed by atoms with van der Waals surface area (Å²) in [6, 6.07) is 2.11. The van der Waals surface area contributed by atoms with Crippen molar-refractivity contribution < 1.29 is 4.74 Å². The first kappa shape index (κ1) is 11.0. The van der Waals surface area contributed by atoms with E-state index in [4.69, 9.17) is 4.74 Å². The summed E-state index contributed by atoms with van der Waals surface area (Å²) < 4.78 is 7.27. The Kier molecular flexibility index (Phi) is 2.20. The van der Waals surface area contributed by atoms with E-state index in [0.29, 0.717) is 29.7 Å². The molecule has 4 heterocycles. The van der Waals surface area contributed by atoms with Crippen LogP contribution >= 0.6 is 0 Å². The lowest BCUT2D eigenvalue weighted by molar-refractivity contribution is 0.102. The normalized spacial score (nSPS) is 29.2. The maximum absolute atomic E-state index is 11.5. The molecule has 3 atom stereocenters. The minimum atomic E-state index is -0.255. The molecule has 0 aromatic carbocycles. The van der Waals surface area contributed by atoms with E-state index in [0.717, 1.165) is 18.7 Å². The van der Waals surface area contributed by atoms with E-state index in [2.05, 4.69) is 20.5 Å². The zero-order chi connectivity index (χ0) is 13.0. The van der Waals surface area contributed by atoms with E-state index in [-0.39, 0.29) is 5.69 Å². The van der Waals surface area contributed by atoms with Crippen molar-refractivity contribution in [3.05, 3.63) is 22.4 Å².